The highest BCUT2D eigenvalue weighted by Gasteiger charge is 2.38. The number of carbonyl (C=O) groups is 4. The Morgan fingerprint density at radius 3 is 2.20 bits per heavy atom. The number of rotatable bonds is 9. The maximum atomic E-state index is 13.3. The van der Waals surface area contributed by atoms with Crippen LogP contribution in [0, 0.1) is 5.92 Å². The lowest BCUT2D eigenvalue weighted by Crippen LogP contribution is -2.51. The second-order valence-corrected chi connectivity index (χ2v) is 12.9. The van der Waals surface area contributed by atoms with Gasteiger partial charge < -0.3 is 14.5 Å². The molecule has 2 heterocycles. The normalized spacial score (nSPS) is 22.5. The van der Waals surface area contributed by atoms with Gasteiger partial charge in [-0.25, -0.2) is 10.3 Å². The number of hydrogen-bond acceptors (Lipinski definition) is 6. The molecule has 9 nitrogen and oxygen atoms in total. The third-order valence-electron chi connectivity index (χ3n) is 9.28. The monoisotopic (exact) mass is 711 g/mol. The topological polar surface area (TPSA) is 105 Å². The smallest absolute Gasteiger partial charge is 0.350 e. The van der Waals surface area contributed by atoms with Gasteiger partial charge in [-0.3, -0.25) is 19.2 Å². The number of amides is 3. The van der Waals surface area contributed by atoms with Crippen LogP contribution < -0.4 is 5.48 Å². The summed E-state index contributed by atoms with van der Waals surface area (Å²) in [5, 5.41) is 0. The molecule has 1 aromatic carbocycles. The zero-order chi connectivity index (χ0) is 36.1. The maximum absolute atomic E-state index is 13.3. The molecule has 4 aliphatic rings. The molecule has 50 heavy (non-hydrogen) atoms. The Morgan fingerprint density at radius 1 is 0.900 bits per heavy atom. The first-order valence-corrected chi connectivity index (χ1v) is 16.8. The molecule has 3 fully saturated rings. The van der Waals surface area contributed by atoms with Gasteiger partial charge in [0.2, 0.25) is 11.8 Å². The van der Waals surface area contributed by atoms with E-state index in [1.807, 2.05) is 0 Å². The number of nitrogens with zero attached hydrogens (tertiary/aromatic N) is 2. The van der Waals surface area contributed by atoms with E-state index in [0.29, 0.717) is 75.3 Å². The summed E-state index contributed by atoms with van der Waals surface area (Å²) in [6, 6.07) is 1.24. The SMILES string of the molecule is O=C(CCCCC(=O)N1CCN(C(=O)C2=CCC3C(=O)/C(=C/c4cc(C(F)(F)F)cc(C(F)(F)F)c4)CCC3=C2)CC1)NOC1CCCCO1. The van der Waals surface area contributed by atoms with Gasteiger partial charge in [0.05, 0.1) is 11.1 Å². The number of fused-ring (bicyclic) bond motifs is 1. The van der Waals surface area contributed by atoms with Crippen LogP contribution in [-0.2, 0) is 41.1 Å². The van der Waals surface area contributed by atoms with Crippen LogP contribution in [0.5, 0.6) is 0 Å². The van der Waals surface area contributed by atoms with E-state index < -0.39 is 41.5 Å². The second-order valence-electron chi connectivity index (χ2n) is 12.9. The molecule has 0 bridgehead atoms. The number of allylic oxidation sites excluding steroid dienone is 3. The van der Waals surface area contributed by atoms with Gasteiger partial charge in [0, 0.05) is 63.5 Å². The molecule has 2 aliphatic carbocycles. The average Bonchev–Trinajstić information content (AvgIpc) is 3.09. The standard InChI is InChI=1S/C35H39F6N3O6/c36-34(37,38)26-18-22(19-27(21-26)35(39,40)41)17-24-9-8-23-20-25(10-11-28(23)32(24)47)33(48)44-14-12-43(13-15-44)30(46)6-2-1-5-29(45)42-50-31-7-3-4-16-49-31/h10,17-21,28,31H,1-9,11-16H2,(H,42,45)/b24-17+. The first-order valence-electron chi connectivity index (χ1n) is 16.8. The van der Waals surface area contributed by atoms with Crippen molar-refractivity contribution < 1.29 is 55.1 Å². The summed E-state index contributed by atoms with van der Waals surface area (Å²) < 4.78 is 85.3. The van der Waals surface area contributed by atoms with Crippen LogP contribution in [0.1, 0.15) is 80.9 Å². The number of carbonyl (C=O) groups excluding carboxylic acids is 4. The molecule has 2 aliphatic heterocycles. The Labute approximate surface area is 285 Å². The fourth-order valence-corrected chi connectivity index (χ4v) is 6.51. The number of unbranched alkanes of at least 4 members (excludes halogenated alkanes) is 1. The van der Waals surface area contributed by atoms with Gasteiger partial charge in [-0.05, 0) is 86.4 Å². The Morgan fingerprint density at radius 2 is 1.56 bits per heavy atom. The number of alkyl halides is 6. The first-order chi connectivity index (χ1) is 23.7. The number of halogens is 6. The molecule has 15 heteroatoms. The number of ether oxygens (including phenoxy) is 1. The highest BCUT2D eigenvalue weighted by molar-refractivity contribution is 6.05. The summed E-state index contributed by atoms with van der Waals surface area (Å²) >= 11 is 0. The highest BCUT2D eigenvalue weighted by atomic mass is 19.4. The summed E-state index contributed by atoms with van der Waals surface area (Å²) in [6.07, 6.45) is -1.25. The largest absolute Gasteiger partial charge is 0.416 e. The highest BCUT2D eigenvalue weighted by Crippen LogP contribution is 2.40. The summed E-state index contributed by atoms with van der Waals surface area (Å²) in [7, 11) is 0. The predicted octanol–water partition coefficient (Wildman–Crippen LogP) is 6.15. The fraction of sp³-hybridized carbons (Fsp3) is 0.543. The van der Waals surface area contributed by atoms with Crippen LogP contribution in [0.4, 0.5) is 26.3 Å². The number of piperazine rings is 1. The van der Waals surface area contributed by atoms with Crippen LogP contribution in [-0.4, -0.2) is 72.4 Å². The lowest BCUT2D eigenvalue weighted by molar-refractivity contribution is -0.200. The van der Waals surface area contributed by atoms with E-state index in [9.17, 15) is 45.5 Å². The Hall–Kier alpha value is -3.98. The zero-order valence-electron chi connectivity index (χ0n) is 27.3. The molecule has 1 aromatic rings. The van der Waals surface area contributed by atoms with Gasteiger partial charge >= 0.3 is 12.4 Å². The molecule has 1 N–H and O–H groups in total. The molecule has 1 saturated carbocycles. The minimum Gasteiger partial charge on any atom is -0.350 e. The molecule has 5 rings (SSSR count). The summed E-state index contributed by atoms with van der Waals surface area (Å²) in [4.78, 5) is 59.9. The van der Waals surface area contributed by atoms with Gasteiger partial charge in [-0.1, -0.05) is 11.6 Å². The van der Waals surface area contributed by atoms with E-state index in [2.05, 4.69) is 5.48 Å². The van der Waals surface area contributed by atoms with Crippen molar-refractivity contribution in [3.8, 4) is 0 Å². The fourth-order valence-electron chi connectivity index (χ4n) is 6.51. The Balaban J connectivity index is 1.08. The van der Waals surface area contributed by atoms with Crippen molar-refractivity contribution in [3.63, 3.8) is 0 Å². The average molecular weight is 712 g/mol. The van der Waals surface area contributed by atoms with Crippen molar-refractivity contribution in [1.29, 1.82) is 0 Å². The third-order valence-corrected chi connectivity index (χ3v) is 9.28. The van der Waals surface area contributed by atoms with Crippen LogP contribution in [0.25, 0.3) is 6.08 Å². The predicted molar refractivity (Wildman–Crippen MR) is 167 cm³/mol. The lowest BCUT2D eigenvalue weighted by atomic mass is 9.74. The van der Waals surface area contributed by atoms with E-state index in [1.54, 1.807) is 22.0 Å². The Bertz CT molecular complexity index is 1520. The second kappa shape index (κ2) is 15.9. The first kappa shape index (κ1) is 37.3. The van der Waals surface area contributed by atoms with Gasteiger partial charge in [-0.2, -0.15) is 26.3 Å². The molecular formula is C35H39F6N3O6. The molecule has 2 atom stereocenters. The summed E-state index contributed by atoms with van der Waals surface area (Å²) in [5.74, 6) is -1.63. The number of nitrogens with one attached hydrogen (secondary N) is 1. The molecular weight excluding hydrogens is 672 g/mol. The number of ketones is 1. The van der Waals surface area contributed by atoms with E-state index in [4.69, 9.17) is 9.57 Å². The third kappa shape index (κ3) is 9.62. The molecule has 3 amide bonds. The summed E-state index contributed by atoms with van der Waals surface area (Å²) in [6.45, 7) is 1.95. The molecule has 0 aromatic heterocycles. The van der Waals surface area contributed by atoms with Crippen LogP contribution in [0.15, 0.2) is 47.1 Å². The lowest BCUT2D eigenvalue weighted by Gasteiger charge is -2.36. The van der Waals surface area contributed by atoms with Crippen molar-refractivity contribution >= 4 is 29.6 Å². The van der Waals surface area contributed by atoms with Crippen molar-refractivity contribution in [2.75, 3.05) is 32.8 Å². The van der Waals surface area contributed by atoms with Crippen molar-refractivity contribution in [2.24, 2.45) is 5.92 Å². The molecule has 0 spiro atoms. The zero-order valence-corrected chi connectivity index (χ0v) is 27.3. The van der Waals surface area contributed by atoms with E-state index >= 15 is 0 Å². The van der Waals surface area contributed by atoms with Crippen LogP contribution >= 0.6 is 0 Å². The van der Waals surface area contributed by atoms with E-state index in [1.165, 1.54) is 0 Å². The quantitative estimate of drug-likeness (QED) is 0.143. The maximum Gasteiger partial charge on any atom is 0.416 e. The van der Waals surface area contributed by atoms with Gasteiger partial charge in [-0.15, -0.1) is 0 Å². The van der Waals surface area contributed by atoms with Gasteiger partial charge in [0.15, 0.2) is 12.1 Å². The van der Waals surface area contributed by atoms with Crippen molar-refractivity contribution in [1.82, 2.24) is 15.3 Å². The molecule has 272 valence electrons. The van der Waals surface area contributed by atoms with Gasteiger partial charge in [0.25, 0.3) is 5.91 Å². The minimum atomic E-state index is -5.00. The molecule has 0 radical (unpaired) electrons. The molecule has 2 saturated heterocycles. The van der Waals surface area contributed by atoms with Crippen LogP contribution in [0.2, 0.25) is 0 Å². The van der Waals surface area contributed by atoms with Crippen molar-refractivity contribution in [2.45, 2.75) is 82.9 Å². The summed E-state index contributed by atoms with van der Waals surface area (Å²) in [5.41, 5.74) is 0.355. The van der Waals surface area contributed by atoms with Crippen LogP contribution in [0.3, 0.4) is 0 Å². The number of hydrogen-bond donors (Lipinski definition) is 1. The van der Waals surface area contributed by atoms with E-state index in [-0.39, 0.29) is 60.6 Å². The number of Topliss-reactive ketones (excluding diaryl/α,β-unsaturated/α-hetero) is 1. The van der Waals surface area contributed by atoms with Crippen molar-refractivity contribution in [3.05, 3.63) is 63.8 Å². The Kier molecular flexibility index (Phi) is 11.9. The number of benzene rings is 1. The van der Waals surface area contributed by atoms with Gasteiger partial charge in [0.1, 0.15) is 0 Å². The number of hydroxylamine groups is 1. The minimum absolute atomic E-state index is 0.0462. The molecule has 2 unspecified atom stereocenters. The van der Waals surface area contributed by atoms with E-state index in [0.717, 1.165) is 25.3 Å².